The van der Waals surface area contributed by atoms with Crippen LogP contribution in [0.2, 0.25) is 19.6 Å². The molecule has 1 saturated heterocycles. The number of amides is 1. The van der Waals surface area contributed by atoms with Gasteiger partial charge in [0.15, 0.2) is 8.32 Å². The van der Waals surface area contributed by atoms with Crippen LogP contribution in [-0.2, 0) is 9.16 Å². The predicted molar refractivity (Wildman–Crippen MR) is 79.9 cm³/mol. The van der Waals surface area contributed by atoms with Crippen LogP contribution in [0.5, 0.6) is 0 Å². The molecule has 0 aromatic heterocycles. The van der Waals surface area contributed by atoms with Crippen LogP contribution in [0, 0.1) is 0 Å². The van der Waals surface area contributed by atoms with E-state index in [1.807, 2.05) is 25.7 Å². The van der Waals surface area contributed by atoms with Crippen LogP contribution in [0.4, 0.5) is 4.79 Å². The lowest BCUT2D eigenvalue weighted by Gasteiger charge is -2.34. The van der Waals surface area contributed by atoms with Crippen LogP contribution in [0.1, 0.15) is 40.5 Å². The van der Waals surface area contributed by atoms with Crippen LogP contribution in [-0.4, -0.2) is 43.6 Å². The molecule has 4 nitrogen and oxygen atoms in total. The van der Waals surface area contributed by atoms with Gasteiger partial charge >= 0.3 is 6.09 Å². The van der Waals surface area contributed by atoms with Crippen LogP contribution < -0.4 is 0 Å². The largest absolute Gasteiger partial charge is 0.444 e. The van der Waals surface area contributed by atoms with Crippen molar-refractivity contribution < 1.29 is 14.0 Å². The van der Waals surface area contributed by atoms with Crippen molar-refractivity contribution >= 4 is 14.4 Å². The van der Waals surface area contributed by atoms with Gasteiger partial charge in [-0.25, -0.2) is 4.79 Å². The van der Waals surface area contributed by atoms with Crippen molar-refractivity contribution in [2.45, 2.75) is 77.9 Å². The fourth-order valence-corrected chi connectivity index (χ4v) is 3.74. The number of hydrogen-bond donors (Lipinski definition) is 0. The lowest BCUT2D eigenvalue weighted by Crippen LogP contribution is -2.47. The Kier molecular flexibility index (Phi) is 5.06. The average Bonchev–Trinajstić information content (AvgIpc) is 2.59. The second kappa shape index (κ2) is 5.83. The highest BCUT2D eigenvalue weighted by Gasteiger charge is 2.37. The standard InChI is InChI=1S/C14H29NO3Si/c1-11(18-19(5,6)7)12-9-8-10-15(12)13(16)17-14(2,3)4/h11-12H,8-10H2,1-7H3/t11?,12-/m0/s1. The zero-order valence-corrected chi connectivity index (χ0v) is 14.4. The minimum absolute atomic E-state index is 0.0849. The Bertz CT molecular complexity index is 320. The van der Waals surface area contributed by atoms with E-state index in [4.69, 9.17) is 9.16 Å². The van der Waals surface area contributed by atoms with Gasteiger partial charge in [-0.05, 0) is 60.2 Å². The molecule has 5 heteroatoms. The van der Waals surface area contributed by atoms with Gasteiger partial charge in [-0.1, -0.05) is 0 Å². The maximum atomic E-state index is 12.2. The molecule has 112 valence electrons. The smallest absolute Gasteiger partial charge is 0.410 e. The summed E-state index contributed by atoms with van der Waals surface area (Å²) in [4.78, 5) is 14.0. The Morgan fingerprint density at radius 3 is 2.37 bits per heavy atom. The highest BCUT2D eigenvalue weighted by Crippen LogP contribution is 2.26. The molecule has 1 heterocycles. The number of rotatable bonds is 3. The van der Waals surface area contributed by atoms with E-state index in [0.717, 1.165) is 19.4 Å². The van der Waals surface area contributed by atoms with E-state index in [1.54, 1.807) is 0 Å². The summed E-state index contributed by atoms with van der Waals surface area (Å²) < 4.78 is 11.6. The summed E-state index contributed by atoms with van der Waals surface area (Å²) in [5, 5.41) is 0. The highest BCUT2D eigenvalue weighted by atomic mass is 28.4. The number of carbonyl (C=O) groups is 1. The molecule has 0 bridgehead atoms. The minimum Gasteiger partial charge on any atom is -0.444 e. The van der Waals surface area contributed by atoms with Crippen LogP contribution in [0.15, 0.2) is 0 Å². The maximum absolute atomic E-state index is 12.2. The molecule has 1 aliphatic heterocycles. The van der Waals surface area contributed by atoms with Gasteiger partial charge in [0.1, 0.15) is 5.60 Å². The molecule has 0 radical (unpaired) electrons. The SMILES string of the molecule is CC(O[Si](C)(C)C)[C@@H]1CCCN1C(=O)OC(C)(C)C. The summed E-state index contributed by atoms with van der Waals surface area (Å²) in [6.45, 7) is 15.1. The van der Waals surface area contributed by atoms with E-state index in [-0.39, 0.29) is 18.2 Å². The topological polar surface area (TPSA) is 38.8 Å². The molecule has 0 aromatic carbocycles. The molecule has 0 spiro atoms. The molecular weight excluding hydrogens is 258 g/mol. The average molecular weight is 287 g/mol. The second-order valence-corrected chi connectivity index (χ2v) is 11.8. The Hall–Kier alpha value is -0.553. The van der Waals surface area contributed by atoms with E-state index < -0.39 is 13.9 Å². The van der Waals surface area contributed by atoms with Gasteiger partial charge in [-0.3, -0.25) is 0 Å². The van der Waals surface area contributed by atoms with Crippen molar-refractivity contribution in [1.82, 2.24) is 4.90 Å². The van der Waals surface area contributed by atoms with Crippen LogP contribution in [0.25, 0.3) is 0 Å². The zero-order chi connectivity index (χ0) is 14.8. The number of likely N-dealkylation sites (tertiary alicyclic amines) is 1. The molecule has 0 saturated carbocycles. The van der Waals surface area contributed by atoms with Gasteiger partial charge in [0.05, 0.1) is 12.1 Å². The Labute approximate surface area is 118 Å². The number of hydrogen-bond acceptors (Lipinski definition) is 3. The molecular formula is C14H29NO3Si. The summed E-state index contributed by atoms with van der Waals surface area (Å²) in [7, 11) is -1.58. The van der Waals surface area contributed by atoms with Gasteiger partial charge in [0, 0.05) is 6.54 Å². The van der Waals surface area contributed by atoms with E-state index in [0.29, 0.717) is 0 Å². The predicted octanol–water partition coefficient (Wildman–Crippen LogP) is 3.63. The maximum Gasteiger partial charge on any atom is 0.410 e. The molecule has 0 aliphatic carbocycles. The lowest BCUT2D eigenvalue weighted by molar-refractivity contribution is 0.0103. The van der Waals surface area contributed by atoms with Crippen LogP contribution in [0.3, 0.4) is 0 Å². The summed E-state index contributed by atoms with van der Waals surface area (Å²) >= 11 is 0. The first-order chi connectivity index (χ1) is 8.49. The Balaban J connectivity index is 2.66. The van der Waals surface area contributed by atoms with E-state index in [9.17, 15) is 4.79 Å². The van der Waals surface area contributed by atoms with Crippen molar-refractivity contribution in [1.29, 1.82) is 0 Å². The molecule has 19 heavy (non-hydrogen) atoms. The first-order valence-electron chi connectivity index (χ1n) is 7.17. The molecule has 0 aromatic rings. The third kappa shape index (κ3) is 5.53. The molecule has 0 N–H and O–H groups in total. The lowest BCUT2D eigenvalue weighted by atomic mass is 10.1. The molecule has 2 atom stereocenters. The van der Waals surface area contributed by atoms with Crippen molar-refractivity contribution in [2.75, 3.05) is 6.54 Å². The van der Waals surface area contributed by atoms with Crippen molar-refractivity contribution in [2.24, 2.45) is 0 Å². The Morgan fingerprint density at radius 1 is 1.32 bits per heavy atom. The quantitative estimate of drug-likeness (QED) is 0.744. The van der Waals surface area contributed by atoms with E-state index in [1.165, 1.54) is 0 Å². The molecule has 1 aliphatic rings. The number of nitrogens with zero attached hydrogens (tertiary/aromatic N) is 1. The fraction of sp³-hybridized carbons (Fsp3) is 0.929. The molecule has 1 amide bonds. The number of ether oxygens (including phenoxy) is 1. The van der Waals surface area contributed by atoms with Crippen molar-refractivity contribution in [3.8, 4) is 0 Å². The first-order valence-corrected chi connectivity index (χ1v) is 10.6. The molecule has 1 fully saturated rings. The first kappa shape index (κ1) is 16.5. The zero-order valence-electron chi connectivity index (χ0n) is 13.4. The minimum atomic E-state index is -1.58. The van der Waals surface area contributed by atoms with Crippen LogP contribution >= 0.6 is 0 Å². The highest BCUT2D eigenvalue weighted by molar-refractivity contribution is 6.69. The third-order valence-electron chi connectivity index (χ3n) is 3.01. The van der Waals surface area contributed by atoms with Gasteiger partial charge in [-0.2, -0.15) is 0 Å². The summed E-state index contributed by atoms with van der Waals surface area (Å²) in [6, 6.07) is 0.154. The monoisotopic (exact) mass is 287 g/mol. The third-order valence-corrected chi connectivity index (χ3v) is 4.09. The van der Waals surface area contributed by atoms with Gasteiger partial charge in [0.2, 0.25) is 0 Å². The molecule has 1 unspecified atom stereocenters. The summed E-state index contributed by atoms with van der Waals surface area (Å²) in [6.07, 6.45) is 1.91. The van der Waals surface area contributed by atoms with Gasteiger partial charge in [-0.15, -0.1) is 0 Å². The Morgan fingerprint density at radius 2 is 1.89 bits per heavy atom. The van der Waals surface area contributed by atoms with Gasteiger partial charge in [0.25, 0.3) is 0 Å². The number of carbonyl (C=O) groups excluding carboxylic acids is 1. The van der Waals surface area contributed by atoms with E-state index in [2.05, 4.69) is 26.6 Å². The van der Waals surface area contributed by atoms with Gasteiger partial charge < -0.3 is 14.1 Å². The molecule has 1 rings (SSSR count). The van der Waals surface area contributed by atoms with Crippen molar-refractivity contribution in [3.05, 3.63) is 0 Å². The van der Waals surface area contributed by atoms with Crippen molar-refractivity contribution in [3.63, 3.8) is 0 Å². The normalized spacial score (nSPS) is 22.5. The summed E-state index contributed by atoms with van der Waals surface area (Å²) in [5.41, 5.74) is -0.437. The van der Waals surface area contributed by atoms with E-state index >= 15 is 0 Å². The summed E-state index contributed by atoms with van der Waals surface area (Å²) in [5.74, 6) is 0. The second-order valence-electron chi connectivity index (χ2n) is 7.32. The fourth-order valence-electron chi connectivity index (χ4n) is 2.46.